The molecule has 3 nitrogen and oxygen atoms in total. The molecule has 1 atom stereocenters. The largest absolute Gasteiger partial charge is 0.378 e. The lowest BCUT2D eigenvalue weighted by Crippen LogP contribution is -2.44. The predicted octanol–water partition coefficient (Wildman–Crippen LogP) is 3.46. The highest BCUT2D eigenvalue weighted by atomic mass is 35.5. The van der Waals surface area contributed by atoms with Gasteiger partial charge in [0.25, 0.3) is 0 Å². The molecule has 1 fully saturated rings. The van der Waals surface area contributed by atoms with Crippen LogP contribution >= 0.6 is 23.2 Å². The standard InChI is InChI=1S/C13H18Cl2N2O/c1-18-13(6-3-7-13)8-11(17-16)9-4-2-5-10(14)12(9)15/h2,4-5,11,17H,3,6-8,16H2,1H3. The lowest BCUT2D eigenvalue weighted by Gasteiger charge is -2.42. The molecule has 0 heterocycles. The monoisotopic (exact) mass is 288 g/mol. The predicted molar refractivity (Wildman–Crippen MR) is 74.7 cm³/mol. The van der Waals surface area contributed by atoms with Crippen LogP contribution in [0.3, 0.4) is 0 Å². The van der Waals surface area contributed by atoms with Crippen molar-refractivity contribution in [1.82, 2.24) is 5.43 Å². The highest BCUT2D eigenvalue weighted by molar-refractivity contribution is 6.42. The van der Waals surface area contributed by atoms with Gasteiger partial charge in [0.2, 0.25) is 0 Å². The van der Waals surface area contributed by atoms with Gasteiger partial charge in [-0.3, -0.25) is 11.3 Å². The lowest BCUT2D eigenvalue weighted by atomic mass is 9.75. The maximum absolute atomic E-state index is 6.23. The number of nitrogens with one attached hydrogen (secondary N) is 1. The molecule has 1 saturated carbocycles. The first-order valence-corrected chi connectivity index (χ1v) is 6.83. The van der Waals surface area contributed by atoms with Crippen LogP contribution in [-0.4, -0.2) is 12.7 Å². The molecular formula is C13H18Cl2N2O. The normalized spacial score (nSPS) is 19.3. The van der Waals surface area contributed by atoms with E-state index in [0.717, 1.165) is 24.8 Å². The van der Waals surface area contributed by atoms with Gasteiger partial charge in [0.1, 0.15) is 0 Å². The highest BCUT2D eigenvalue weighted by Crippen LogP contribution is 2.43. The quantitative estimate of drug-likeness (QED) is 0.644. The molecule has 0 aliphatic heterocycles. The first-order chi connectivity index (χ1) is 8.62. The Labute approximate surface area is 118 Å². The summed E-state index contributed by atoms with van der Waals surface area (Å²) < 4.78 is 5.63. The Kier molecular flexibility index (Phi) is 4.51. The van der Waals surface area contributed by atoms with Gasteiger partial charge < -0.3 is 4.74 Å². The molecule has 1 aromatic carbocycles. The Hall–Kier alpha value is -0.320. The molecule has 18 heavy (non-hydrogen) atoms. The molecule has 1 aliphatic carbocycles. The number of ether oxygens (including phenoxy) is 1. The van der Waals surface area contributed by atoms with Crippen LogP contribution in [0.25, 0.3) is 0 Å². The molecule has 3 N–H and O–H groups in total. The SMILES string of the molecule is COC1(CC(NN)c2cccc(Cl)c2Cl)CCC1. The number of benzene rings is 1. The molecule has 0 saturated heterocycles. The van der Waals surface area contributed by atoms with Gasteiger partial charge in [-0.25, -0.2) is 0 Å². The molecule has 1 aromatic rings. The average Bonchev–Trinajstić information content (AvgIpc) is 2.33. The summed E-state index contributed by atoms with van der Waals surface area (Å²) in [5.74, 6) is 5.66. The van der Waals surface area contributed by atoms with Crippen LogP contribution < -0.4 is 11.3 Å². The van der Waals surface area contributed by atoms with E-state index in [9.17, 15) is 0 Å². The minimum absolute atomic E-state index is 0.0450. The van der Waals surface area contributed by atoms with Crippen molar-refractivity contribution in [2.45, 2.75) is 37.3 Å². The fraction of sp³-hybridized carbons (Fsp3) is 0.538. The van der Waals surface area contributed by atoms with Gasteiger partial charge in [-0.2, -0.15) is 0 Å². The van der Waals surface area contributed by atoms with Crippen molar-refractivity contribution >= 4 is 23.2 Å². The van der Waals surface area contributed by atoms with Crippen molar-refractivity contribution in [2.24, 2.45) is 5.84 Å². The Bertz CT molecular complexity index is 416. The number of halogens is 2. The van der Waals surface area contributed by atoms with Crippen LogP contribution in [0, 0.1) is 0 Å². The van der Waals surface area contributed by atoms with Gasteiger partial charge in [0.05, 0.1) is 21.7 Å². The van der Waals surface area contributed by atoms with Crippen molar-refractivity contribution in [3.8, 4) is 0 Å². The van der Waals surface area contributed by atoms with E-state index in [0.29, 0.717) is 10.0 Å². The van der Waals surface area contributed by atoms with Crippen LogP contribution in [0.2, 0.25) is 10.0 Å². The van der Waals surface area contributed by atoms with E-state index in [1.165, 1.54) is 6.42 Å². The second-order valence-corrected chi connectivity index (χ2v) is 5.59. The van der Waals surface area contributed by atoms with Gasteiger partial charge in [-0.15, -0.1) is 0 Å². The van der Waals surface area contributed by atoms with E-state index in [1.54, 1.807) is 13.2 Å². The fourth-order valence-electron chi connectivity index (χ4n) is 2.48. The van der Waals surface area contributed by atoms with E-state index >= 15 is 0 Å². The number of hydrazine groups is 1. The van der Waals surface area contributed by atoms with Crippen LogP contribution in [0.4, 0.5) is 0 Å². The molecule has 100 valence electrons. The molecule has 0 bridgehead atoms. The van der Waals surface area contributed by atoms with Crippen molar-refractivity contribution in [1.29, 1.82) is 0 Å². The minimum Gasteiger partial charge on any atom is -0.378 e. The van der Waals surface area contributed by atoms with Crippen molar-refractivity contribution in [3.63, 3.8) is 0 Å². The molecule has 0 spiro atoms. The summed E-state index contributed by atoms with van der Waals surface area (Å²) in [5.41, 5.74) is 3.68. The molecule has 0 amide bonds. The first-order valence-electron chi connectivity index (χ1n) is 6.07. The third-order valence-corrected chi connectivity index (χ3v) is 4.67. The minimum atomic E-state index is -0.0668. The van der Waals surface area contributed by atoms with Crippen molar-refractivity contribution in [2.75, 3.05) is 7.11 Å². The topological polar surface area (TPSA) is 47.3 Å². The van der Waals surface area contributed by atoms with Crippen molar-refractivity contribution < 1.29 is 4.74 Å². The number of hydrogen-bond donors (Lipinski definition) is 2. The summed E-state index contributed by atoms with van der Waals surface area (Å²) >= 11 is 12.3. The third kappa shape index (κ3) is 2.65. The van der Waals surface area contributed by atoms with E-state index in [4.69, 9.17) is 33.8 Å². The van der Waals surface area contributed by atoms with E-state index < -0.39 is 0 Å². The van der Waals surface area contributed by atoms with Crippen LogP contribution in [0.15, 0.2) is 18.2 Å². The molecule has 1 aliphatic rings. The summed E-state index contributed by atoms with van der Waals surface area (Å²) in [5, 5.41) is 1.11. The van der Waals surface area contributed by atoms with E-state index in [1.807, 2.05) is 12.1 Å². The number of methoxy groups -OCH3 is 1. The highest BCUT2D eigenvalue weighted by Gasteiger charge is 2.39. The van der Waals surface area contributed by atoms with E-state index in [2.05, 4.69) is 5.43 Å². The summed E-state index contributed by atoms with van der Waals surface area (Å²) in [6.45, 7) is 0. The lowest BCUT2D eigenvalue weighted by molar-refractivity contribution is -0.0838. The van der Waals surface area contributed by atoms with Gasteiger partial charge in [-0.05, 0) is 37.3 Å². The third-order valence-electron chi connectivity index (χ3n) is 3.83. The summed E-state index contributed by atoms with van der Waals surface area (Å²) in [6, 6.07) is 5.56. The first kappa shape index (κ1) is 14.1. The zero-order valence-electron chi connectivity index (χ0n) is 10.4. The maximum Gasteiger partial charge on any atom is 0.0697 e. The fourth-order valence-corrected chi connectivity index (χ4v) is 2.92. The Morgan fingerprint density at radius 1 is 1.44 bits per heavy atom. The van der Waals surface area contributed by atoms with Crippen molar-refractivity contribution in [3.05, 3.63) is 33.8 Å². The second-order valence-electron chi connectivity index (χ2n) is 4.81. The molecular weight excluding hydrogens is 271 g/mol. The van der Waals surface area contributed by atoms with Crippen LogP contribution in [0.1, 0.15) is 37.3 Å². The van der Waals surface area contributed by atoms with Crippen LogP contribution in [-0.2, 0) is 4.74 Å². The summed E-state index contributed by atoms with van der Waals surface area (Å²) in [7, 11) is 1.76. The number of hydrogen-bond acceptors (Lipinski definition) is 3. The Morgan fingerprint density at radius 3 is 2.67 bits per heavy atom. The summed E-state index contributed by atoms with van der Waals surface area (Å²) in [4.78, 5) is 0. The van der Waals surface area contributed by atoms with Gasteiger partial charge in [0.15, 0.2) is 0 Å². The van der Waals surface area contributed by atoms with Crippen LogP contribution in [0.5, 0.6) is 0 Å². The average molecular weight is 289 g/mol. The molecule has 1 unspecified atom stereocenters. The maximum atomic E-state index is 6.23. The Balaban J connectivity index is 2.20. The van der Waals surface area contributed by atoms with Gasteiger partial charge in [-0.1, -0.05) is 35.3 Å². The van der Waals surface area contributed by atoms with Gasteiger partial charge >= 0.3 is 0 Å². The summed E-state index contributed by atoms with van der Waals surface area (Å²) in [6.07, 6.45) is 4.15. The molecule has 0 radical (unpaired) electrons. The smallest absolute Gasteiger partial charge is 0.0697 e. The zero-order chi connectivity index (χ0) is 13.2. The Morgan fingerprint density at radius 2 is 2.17 bits per heavy atom. The molecule has 5 heteroatoms. The van der Waals surface area contributed by atoms with Gasteiger partial charge in [0, 0.05) is 7.11 Å². The van der Waals surface area contributed by atoms with E-state index in [-0.39, 0.29) is 11.6 Å². The zero-order valence-corrected chi connectivity index (χ0v) is 11.9. The second kappa shape index (κ2) is 5.76. The molecule has 2 rings (SSSR count). The molecule has 0 aromatic heterocycles. The number of nitrogens with two attached hydrogens (primary N) is 1. The number of rotatable bonds is 5.